The van der Waals surface area contributed by atoms with Crippen molar-refractivity contribution in [2.75, 3.05) is 21.3 Å². The third kappa shape index (κ3) is 4.52. The van der Waals surface area contributed by atoms with Crippen LogP contribution in [0.2, 0.25) is 0 Å². The van der Waals surface area contributed by atoms with Gasteiger partial charge in [-0.15, -0.1) is 0 Å². The van der Waals surface area contributed by atoms with Crippen molar-refractivity contribution >= 4 is 5.71 Å². The fourth-order valence-corrected chi connectivity index (χ4v) is 2.14. The van der Waals surface area contributed by atoms with Gasteiger partial charge in [-0.2, -0.15) is 0 Å². The van der Waals surface area contributed by atoms with Crippen molar-refractivity contribution in [3.05, 3.63) is 47.8 Å². The lowest BCUT2D eigenvalue weighted by atomic mass is 10.2. The molecule has 0 amide bonds. The number of halogens is 1. The maximum absolute atomic E-state index is 5.55. The van der Waals surface area contributed by atoms with Gasteiger partial charge in [0, 0.05) is 18.7 Å². The Balaban J connectivity index is 0.00000288. The van der Waals surface area contributed by atoms with E-state index in [1.807, 2.05) is 37.3 Å². The number of nitrogens with zero attached hydrogens (tertiary/aromatic N) is 1. The number of hydrogen-bond donors (Lipinski definition) is 1. The molecule has 7 heteroatoms. The minimum atomic E-state index is 0. The first-order valence-electron chi connectivity index (χ1n) is 7.11. The monoisotopic (exact) mass is 352 g/mol. The summed E-state index contributed by atoms with van der Waals surface area (Å²) in [7, 11) is 4.74. The predicted molar refractivity (Wildman–Crippen MR) is 85.9 cm³/mol. The van der Waals surface area contributed by atoms with Crippen LogP contribution in [0.25, 0.3) is 0 Å². The summed E-state index contributed by atoms with van der Waals surface area (Å²) in [5.74, 6) is 1.74. The maximum atomic E-state index is 5.55. The second kappa shape index (κ2) is 9.62. The number of rotatable bonds is 7. The number of benzene rings is 1. The van der Waals surface area contributed by atoms with Crippen LogP contribution < -0.4 is 31.8 Å². The fraction of sp³-hybridized carbons (Fsp3) is 0.294. The van der Waals surface area contributed by atoms with Gasteiger partial charge in [0.05, 0.1) is 21.3 Å². The molecule has 130 valence electrons. The van der Waals surface area contributed by atoms with Gasteiger partial charge in [0.1, 0.15) is 5.69 Å². The molecule has 1 aromatic heterocycles. The molecule has 24 heavy (non-hydrogen) atoms. The summed E-state index contributed by atoms with van der Waals surface area (Å²) in [4.78, 5) is 9.80. The minimum absolute atomic E-state index is 0. The molecule has 2 rings (SSSR count). The van der Waals surface area contributed by atoms with Crippen molar-refractivity contribution in [2.45, 2.75) is 13.5 Å². The summed E-state index contributed by atoms with van der Waals surface area (Å²) in [6.45, 7) is 2.20. The topological polar surface area (TPSA) is 63.8 Å². The lowest BCUT2D eigenvalue weighted by Crippen LogP contribution is -3.00. The Bertz CT molecular complexity index is 678. The van der Waals surface area contributed by atoms with Crippen LogP contribution in [0.4, 0.5) is 0 Å². The van der Waals surface area contributed by atoms with Crippen LogP contribution in [0, 0.1) is 0 Å². The SMILES string of the molecule is COc1ccc(CO[NH+]=C(C)c2ccccn2)c(OC)c1OC.[Cl-]. The average Bonchev–Trinajstić information content (AvgIpc) is 2.61. The molecule has 0 saturated carbocycles. The molecule has 2 aromatic rings. The van der Waals surface area contributed by atoms with Crippen molar-refractivity contribution in [1.82, 2.24) is 4.98 Å². The van der Waals surface area contributed by atoms with Gasteiger partial charge in [-0.3, -0.25) is 9.82 Å². The van der Waals surface area contributed by atoms with E-state index in [1.165, 1.54) is 0 Å². The van der Waals surface area contributed by atoms with Gasteiger partial charge < -0.3 is 26.6 Å². The van der Waals surface area contributed by atoms with Crippen molar-refractivity contribution in [1.29, 1.82) is 0 Å². The van der Waals surface area contributed by atoms with Crippen LogP contribution in [0.1, 0.15) is 18.2 Å². The number of nitrogens with one attached hydrogen (secondary N) is 1. The number of ether oxygens (including phenoxy) is 3. The molecule has 1 heterocycles. The van der Waals surface area contributed by atoms with Gasteiger partial charge >= 0.3 is 0 Å². The summed E-state index contributed by atoms with van der Waals surface area (Å²) in [5, 5.41) is 2.89. The summed E-state index contributed by atoms with van der Waals surface area (Å²) in [5.41, 5.74) is 2.49. The highest BCUT2D eigenvalue weighted by molar-refractivity contribution is 5.91. The largest absolute Gasteiger partial charge is 1.00 e. The van der Waals surface area contributed by atoms with Gasteiger partial charge in [-0.1, -0.05) is 6.07 Å². The zero-order valence-corrected chi connectivity index (χ0v) is 14.9. The third-order valence-electron chi connectivity index (χ3n) is 3.29. The Labute approximate surface area is 147 Å². The van der Waals surface area contributed by atoms with Crippen molar-refractivity contribution < 1.29 is 36.6 Å². The van der Waals surface area contributed by atoms with Gasteiger partial charge in [-0.05, 0) is 29.4 Å². The van der Waals surface area contributed by atoms with Gasteiger partial charge in [0.15, 0.2) is 18.1 Å². The van der Waals surface area contributed by atoms with Crippen LogP contribution in [0.5, 0.6) is 17.2 Å². The number of aromatic nitrogens is 1. The Morgan fingerprint density at radius 2 is 1.75 bits per heavy atom. The van der Waals surface area contributed by atoms with E-state index in [1.54, 1.807) is 27.5 Å². The molecular formula is C17H21ClN2O4. The Hall–Kier alpha value is -2.47. The molecule has 0 unspecified atom stereocenters. The fourth-order valence-electron chi connectivity index (χ4n) is 2.14. The van der Waals surface area contributed by atoms with Crippen LogP contribution in [0.3, 0.4) is 0 Å². The van der Waals surface area contributed by atoms with E-state index in [0.717, 1.165) is 17.0 Å². The molecule has 0 atom stereocenters. The predicted octanol–water partition coefficient (Wildman–Crippen LogP) is -1.87. The average molecular weight is 353 g/mol. The smallest absolute Gasteiger partial charge is 0.247 e. The summed E-state index contributed by atoms with van der Waals surface area (Å²) >= 11 is 0. The summed E-state index contributed by atoms with van der Waals surface area (Å²) in [6.07, 6.45) is 1.73. The number of methoxy groups -OCH3 is 3. The molecular weight excluding hydrogens is 332 g/mol. The Morgan fingerprint density at radius 3 is 2.33 bits per heavy atom. The molecule has 6 nitrogen and oxygen atoms in total. The highest BCUT2D eigenvalue weighted by atomic mass is 35.5. The molecule has 1 N–H and O–H groups in total. The Morgan fingerprint density at radius 1 is 1.00 bits per heavy atom. The van der Waals surface area contributed by atoms with Gasteiger partial charge in [0.2, 0.25) is 11.5 Å². The zero-order chi connectivity index (χ0) is 16.7. The van der Waals surface area contributed by atoms with Crippen molar-refractivity contribution in [3.63, 3.8) is 0 Å². The van der Waals surface area contributed by atoms with Crippen LogP contribution in [-0.2, 0) is 11.4 Å². The van der Waals surface area contributed by atoms with E-state index >= 15 is 0 Å². The third-order valence-corrected chi connectivity index (χ3v) is 3.29. The van der Waals surface area contributed by atoms with E-state index in [9.17, 15) is 0 Å². The molecule has 0 spiro atoms. The molecule has 0 aliphatic heterocycles. The van der Waals surface area contributed by atoms with Crippen molar-refractivity contribution in [2.24, 2.45) is 0 Å². The zero-order valence-electron chi connectivity index (χ0n) is 14.1. The van der Waals surface area contributed by atoms with E-state index in [2.05, 4.69) is 10.1 Å². The maximum Gasteiger partial charge on any atom is 0.247 e. The van der Waals surface area contributed by atoms with Crippen LogP contribution >= 0.6 is 0 Å². The standard InChI is InChI=1S/C17H20N2O4.ClH/c1-12(14-7-5-6-10-18-14)19-23-11-13-8-9-15(20-2)17(22-4)16(13)21-3;/h5-10H,11H2,1-4H3;1H. The molecule has 0 fully saturated rings. The quantitative estimate of drug-likeness (QED) is 0.467. The number of pyridine rings is 1. The highest BCUT2D eigenvalue weighted by Gasteiger charge is 2.17. The highest BCUT2D eigenvalue weighted by Crippen LogP contribution is 2.39. The van der Waals surface area contributed by atoms with Crippen LogP contribution in [-0.4, -0.2) is 32.0 Å². The van der Waals surface area contributed by atoms with Crippen molar-refractivity contribution in [3.8, 4) is 17.2 Å². The van der Waals surface area contributed by atoms with Gasteiger partial charge in [0.25, 0.3) is 0 Å². The first-order chi connectivity index (χ1) is 11.2. The summed E-state index contributed by atoms with van der Waals surface area (Å²) in [6, 6.07) is 9.38. The first-order valence-corrected chi connectivity index (χ1v) is 7.11. The van der Waals surface area contributed by atoms with E-state index < -0.39 is 0 Å². The number of hydrogen-bond acceptors (Lipinski definition) is 5. The second-order valence-electron chi connectivity index (χ2n) is 4.72. The normalized spacial score (nSPS) is 10.6. The second-order valence-corrected chi connectivity index (χ2v) is 4.72. The molecule has 0 saturated heterocycles. The van der Waals surface area contributed by atoms with Gasteiger partial charge in [-0.25, -0.2) is 0 Å². The molecule has 1 aromatic carbocycles. The van der Waals surface area contributed by atoms with E-state index in [-0.39, 0.29) is 12.4 Å². The van der Waals surface area contributed by atoms with Crippen LogP contribution in [0.15, 0.2) is 36.5 Å². The molecule has 0 radical (unpaired) electrons. The lowest BCUT2D eigenvalue weighted by Gasteiger charge is -2.14. The summed E-state index contributed by atoms with van der Waals surface area (Å²) < 4.78 is 16.0. The molecule has 0 bridgehead atoms. The molecule has 0 aliphatic carbocycles. The van der Waals surface area contributed by atoms with E-state index in [0.29, 0.717) is 23.9 Å². The Kier molecular flexibility index (Phi) is 7.85. The minimum Gasteiger partial charge on any atom is -1.00 e. The molecule has 0 aliphatic rings. The lowest BCUT2D eigenvalue weighted by molar-refractivity contribution is -0.758. The first kappa shape index (κ1) is 19.6. The van der Waals surface area contributed by atoms with E-state index in [4.69, 9.17) is 19.0 Å².